The van der Waals surface area contributed by atoms with Gasteiger partial charge < -0.3 is 16.2 Å². The Balaban J connectivity index is 0.000000479. The number of aryl methyl sites for hydroxylation is 1. The number of alkyl halides is 3. The molecule has 1 aliphatic rings. The lowest BCUT2D eigenvalue weighted by Crippen LogP contribution is -2.27. The van der Waals surface area contributed by atoms with E-state index in [0.29, 0.717) is 19.4 Å². The molecular weight excluding hydrogens is 525 g/mol. The van der Waals surface area contributed by atoms with E-state index in [4.69, 9.17) is 15.6 Å². The third kappa shape index (κ3) is 7.10. The van der Waals surface area contributed by atoms with Crippen LogP contribution in [0, 0.1) is 0 Å². The summed E-state index contributed by atoms with van der Waals surface area (Å²) in [7, 11) is 0. The van der Waals surface area contributed by atoms with E-state index >= 15 is 0 Å². The maximum absolute atomic E-state index is 12.8. The van der Waals surface area contributed by atoms with Crippen molar-refractivity contribution in [3.63, 3.8) is 0 Å². The quantitative estimate of drug-likeness (QED) is 0.407. The van der Waals surface area contributed by atoms with Gasteiger partial charge in [-0.3, -0.25) is 9.36 Å². The van der Waals surface area contributed by atoms with Gasteiger partial charge in [0.05, 0.1) is 13.1 Å². The second kappa shape index (κ2) is 11.5. The first-order valence-electron chi connectivity index (χ1n) is 10.6. The van der Waals surface area contributed by atoms with Gasteiger partial charge in [0.2, 0.25) is 5.91 Å². The Kier molecular flexibility index (Phi) is 8.60. The first-order valence-corrected chi connectivity index (χ1v) is 11.4. The molecular formula is C22H20F5N5O4S. The van der Waals surface area contributed by atoms with Gasteiger partial charge in [-0.25, -0.2) is 14.3 Å². The van der Waals surface area contributed by atoms with Gasteiger partial charge in [0.1, 0.15) is 6.33 Å². The number of nitrogens with zero attached hydrogens (tertiary/aromatic N) is 3. The minimum Gasteiger partial charge on any atom is -0.475 e. The first kappa shape index (κ1) is 27.7. The van der Waals surface area contributed by atoms with E-state index in [9.17, 15) is 31.5 Å². The van der Waals surface area contributed by atoms with Crippen molar-refractivity contribution in [1.82, 2.24) is 14.3 Å². The Bertz CT molecular complexity index is 1390. The molecule has 2 aromatic heterocycles. The molecule has 0 saturated carbocycles. The maximum atomic E-state index is 12.8. The second-order valence-corrected chi connectivity index (χ2v) is 8.92. The number of nitrogens with one attached hydrogen (secondary N) is 1. The number of amides is 1. The fourth-order valence-electron chi connectivity index (χ4n) is 3.29. The molecule has 1 aromatic carbocycles. The van der Waals surface area contributed by atoms with Crippen LogP contribution in [0.15, 0.2) is 53.1 Å². The number of carbonyl (C=O) groups is 2. The number of carboxylic acid groups (broad SMARTS) is 1. The van der Waals surface area contributed by atoms with Gasteiger partial charge in [-0.15, -0.1) is 11.3 Å². The monoisotopic (exact) mass is 545 g/mol. The van der Waals surface area contributed by atoms with Crippen molar-refractivity contribution in [2.75, 3.05) is 11.9 Å². The Labute approximate surface area is 209 Å². The molecule has 1 amide bonds. The van der Waals surface area contributed by atoms with Crippen molar-refractivity contribution < 1.29 is 36.6 Å². The van der Waals surface area contributed by atoms with Crippen LogP contribution in [0.1, 0.15) is 16.9 Å². The van der Waals surface area contributed by atoms with Gasteiger partial charge in [0.25, 0.3) is 6.08 Å². The highest BCUT2D eigenvalue weighted by molar-refractivity contribution is 7.15. The highest BCUT2D eigenvalue weighted by Gasteiger charge is 2.38. The largest absolute Gasteiger partial charge is 0.490 e. The van der Waals surface area contributed by atoms with Crippen LogP contribution >= 0.6 is 11.3 Å². The number of halogens is 5. The Morgan fingerprint density at radius 2 is 1.86 bits per heavy atom. The molecule has 0 fully saturated rings. The number of carbonyl (C=O) groups excluding carboxylic acids is 1. The Hall–Kier alpha value is -3.85. The zero-order valence-corrected chi connectivity index (χ0v) is 19.7. The zero-order chi connectivity index (χ0) is 27.3. The lowest BCUT2D eigenvalue weighted by atomic mass is 10.00. The van der Waals surface area contributed by atoms with Gasteiger partial charge in [0.15, 0.2) is 0 Å². The number of hydrogen-bond donors (Lipinski definition) is 3. The van der Waals surface area contributed by atoms with Crippen LogP contribution in [0.4, 0.5) is 27.6 Å². The number of aromatic nitrogens is 3. The van der Waals surface area contributed by atoms with Crippen LogP contribution < -0.4 is 16.7 Å². The van der Waals surface area contributed by atoms with E-state index in [2.05, 4.69) is 16.5 Å². The maximum Gasteiger partial charge on any atom is 0.490 e. The van der Waals surface area contributed by atoms with Crippen LogP contribution in [-0.4, -0.2) is 44.1 Å². The third-order valence-electron chi connectivity index (χ3n) is 5.17. The summed E-state index contributed by atoms with van der Waals surface area (Å²) in [6.07, 6.45) is -4.44. The number of thiophene rings is 1. The summed E-state index contributed by atoms with van der Waals surface area (Å²) in [6.45, 7) is -0.364. The molecule has 3 heterocycles. The number of hydrogen-bond acceptors (Lipinski definition) is 6. The number of benzene rings is 1. The van der Waals surface area contributed by atoms with Crippen LogP contribution in [-0.2, 0) is 29.1 Å². The number of rotatable bonds is 6. The standard InChI is InChI=1S/C20H19F2N5O2S.C2HF3O2/c21-19(22)14(8-23)9-27-20(29)26(11-24-27)10-15-3-5-17(30-15)13-1-4-16-12(7-13)2-6-18(28)25-16;3-2(4,5)1(6)7/h1,3-5,7,11H,2,6,8-10,23H2,(H,25,28);(H,6,7). The highest BCUT2D eigenvalue weighted by atomic mass is 32.1. The third-order valence-corrected chi connectivity index (χ3v) is 6.29. The summed E-state index contributed by atoms with van der Waals surface area (Å²) in [5, 5.41) is 13.9. The van der Waals surface area contributed by atoms with E-state index in [0.717, 1.165) is 31.3 Å². The molecule has 0 saturated heterocycles. The predicted molar refractivity (Wildman–Crippen MR) is 124 cm³/mol. The number of carboxylic acids is 1. The van der Waals surface area contributed by atoms with Crippen LogP contribution in [0.25, 0.3) is 10.4 Å². The van der Waals surface area contributed by atoms with Crippen molar-refractivity contribution in [3.05, 3.63) is 69.2 Å². The number of aliphatic carboxylic acids is 1. The molecule has 1 aliphatic heterocycles. The molecule has 15 heteroatoms. The average molecular weight is 545 g/mol. The van der Waals surface area contributed by atoms with Gasteiger partial charge >= 0.3 is 17.8 Å². The van der Waals surface area contributed by atoms with Gasteiger partial charge in [-0.05, 0) is 41.8 Å². The molecule has 0 aliphatic carbocycles. The van der Waals surface area contributed by atoms with E-state index in [1.807, 2.05) is 24.3 Å². The molecule has 198 valence electrons. The molecule has 4 N–H and O–H groups in total. The van der Waals surface area contributed by atoms with Crippen molar-refractivity contribution in [3.8, 4) is 10.4 Å². The number of nitrogens with two attached hydrogens (primary N) is 1. The van der Waals surface area contributed by atoms with Gasteiger partial charge in [-0.2, -0.15) is 27.1 Å². The zero-order valence-electron chi connectivity index (χ0n) is 18.9. The molecule has 4 rings (SSSR count). The summed E-state index contributed by atoms with van der Waals surface area (Å²) in [6, 6.07) is 9.84. The van der Waals surface area contributed by atoms with Crippen molar-refractivity contribution in [2.24, 2.45) is 5.73 Å². The Morgan fingerprint density at radius 3 is 2.49 bits per heavy atom. The van der Waals surface area contributed by atoms with Crippen molar-refractivity contribution >= 4 is 28.9 Å². The van der Waals surface area contributed by atoms with Crippen LogP contribution in [0.3, 0.4) is 0 Å². The molecule has 0 radical (unpaired) electrons. The topological polar surface area (TPSA) is 132 Å². The molecule has 0 unspecified atom stereocenters. The summed E-state index contributed by atoms with van der Waals surface area (Å²) in [5.41, 5.74) is 7.51. The minimum atomic E-state index is -5.08. The smallest absolute Gasteiger partial charge is 0.475 e. The van der Waals surface area contributed by atoms with Crippen LogP contribution in [0.2, 0.25) is 0 Å². The molecule has 0 bridgehead atoms. The van der Waals surface area contributed by atoms with E-state index in [-0.39, 0.29) is 24.6 Å². The normalized spacial score (nSPS) is 12.8. The molecule has 0 spiro atoms. The van der Waals surface area contributed by atoms with Gasteiger partial charge in [-0.1, -0.05) is 6.07 Å². The first-order chi connectivity index (χ1) is 17.4. The highest BCUT2D eigenvalue weighted by Crippen LogP contribution is 2.33. The average Bonchev–Trinajstić information content (AvgIpc) is 3.44. The van der Waals surface area contributed by atoms with E-state index in [1.54, 1.807) is 0 Å². The van der Waals surface area contributed by atoms with E-state index in [1.165, 1.54) is 22.2 Å². The Morgan fingerprint density at radius 1 is 1.16 bits per heavy atom. The summed E-state index contributed by atoms with van der Waals surface area (Å²) in [4.78, 5) is 34.8. The molecule has 0 atom stereocenters. The fourth-order valence-corrected chi connectivity index (χ4v) is 4.30. The SMILES string of the molecule is NCC(Cn1ncn(Cc2ccc(-c3ccc4c(c3)CCC(=O)N4)s2)c1=O)=C(F)F.O=C(O)C(F)(F)F. The van der Waals surface area contributed by atoms with E-state index < -0.39 is 23.9 Å². The van der Waals surface area contributed by atoms with Crippen molar-refractivity contribution in [2.45, 2.75) is 32.1 Å². The molecule has 37 heavy (non-hydrogen) atoms. The summed E-state index contributed by atoms with van der Waals surface area (Å²) in [5.74, 6) is -2.73. The molecule has 9 nitrogen and oxygen atoms in total. The minimum absolute atomic E-state index is 0.0305. The lowest BCUT2D eigenvalue weighted by Gasteiger charge is -2.17. The fraction of sp³-hybridized carbons (Fsp3) is 0.273. The lowest BCUT2D eigenvalue weighted by molar-refractivity contribution is -0.192. The van der Waals surface area contributed by atoms with Gasteiger partial charge in [0, 0.05) is 34.0 Å². The summed E-state index contributed by atoms with van der Waals surface area (Å²) >= 11 is 1.54. The van der Waals surface area contributed by atoms with Crippen molar-refractivity contribution in [1.29, 1.82) is 0 Å². The summed E-state index contributed by atoms with van der Waals surface area (Å²) < 4.78 is 59.7. The second-order valence-electron chi connectivity index (χ2n) is 7.76. The molecule has 3 aromatic rings. The predicted octanol–water partition coefficient (Wildman–Crippen LogP) is 3.45. The number of anilines is 1. The van der Waals surface area contributed by atoms with Crippen LogP contribution in [0.5, 0.6) is 0 Å². The number of fused-ring (bicyclic) bond motifs is 1.